The molecule has 0 bridgehead atoms. The highest BCUT2D eigenvalue weighted by Gasteiger charge is 2.14. The maximum absolute atomic E-state index is 12.6. The number of anilines is 1. The van der Waals surface area contributed by atoms with Crippen LogP contribution in [0.15, 0.2) is 42.6 Å². The molecule has 0 unspecified atom stereocenters. The molecule has 28 heavy (non-hydrogen) atoms. The maximum Gasteiger partial charge on any atom is 0.322 e. The molecule has 0 spiro atoms. The second-order valence-corrected chi connectivity index (χ2v) is 8.46. The molecule has 0 aliphatic carbocycles. The molecule has 148 valence electrons. The highest BCUT2D eigenvalue weighted by molar-refractivity contribution is 7.16. The van der Waals surface area contributed by atoms with Gasteiger partial charge in [0.25, 0.3) is 0 Å². The topological polar surface area (TPSA) is 57.6 Å². The average molecular weight is 419 g/mol. The van der Waals surface area contributed by atoms with Crippen LogP contribution in [0, 0.1) is 0 Å². The Balaban J connectivity index is 1.71. The maximum atomic E-state index is 12.6. The third-order valence-corrected chi connectivity index (χ3v) is 5.69. The van der Waals surface area contributed by atoms with E-state index in [0.717, 1.165) is 21.5 Å². The molecule has 0 fully saturated rings. The molecule has 2 aromatic heterocycles. The number of fused-ring (bicyclic) bond motifs is 1. The van der Waals surface area contributed by atoms with Crippen molar-refractivity contribution in [3.05, 3.63) is 51.8 Å². The molecule has 1 aromatic carbocycles. The molecule has 3 aromatic rings. The number of rotatable bonds is 6. The number of aromatic nitrogens is 1. The van der Waals surface area contributed by atoms with E-state index < -0.39 is 0 Å². The Hall–Kier alpha value is -2.51. The lowest BCUT2D eigenvalue weighted by Gasteiger charge is -2.20. The number of halogens is 1. The summed E-state index contributed by atoms with van der Waals surface area (Å²) in [5, 5.41) is 3.92. The summed E-state index contributed by atoms with van der Waals surface area (Å²) in [5.41, 5.74) is 1.67. The summed E-state index contributed by atoms with van der Waals surface area (Å²) in [6, 6.07) is 11.3. The minimum Gasteiger partial charge on any atom is -0.347 e. The molecule has 3 rings (SSSR count). The quantitative estimate of drug-likeness (QED) is 0.640. The summed E-state index contributed by atoms with van der Waals surface area (Å²) in [6.07, 6.45) is 1.89. The summed E-state index contributed by atoms with van der Waals surface area (Å²) < 4.78 is 2.62. The third kappa shape index (κ3) is 4.66. The highest BCUT2D eigenvalue weighted by atomic mass is 35.5. The molecule has 0 aliphatic heterocycles. The number of thiophene rings is 1. The Kier molecular flexibility index (Phi) is 6.26. The Morgan fingerprint density at radius 1 is 1.18 bits per heavy atom. The number of amides is 3. The lowest BCUT2D eigenvalue weighted by atomic mass is 10.2. The molecule has 3 amide bonds. The van der Waals surface area contributed by atoms with Gasteiger partial charge in [-0.25, -0.2) is 4.79 Å². The number of nitrogens with one attached hydrogen (secondary N) is 1. The van der Waals surface area contributed by atoms with Gasteiger partial charge in [-0.15, -0.1) is 11.3 Å². The minimum atomic E-state index is -0.159. The zero-order valence-corrected chi connectivity index (χ0v) is 17.7. The zero-order chi connectivity index (χ0) is 20.3. The number of likely N-dealkylation sites (N-methyl/N-ethyl adjacent to an activating group) is 1. The van der Waals surface area contributed by atoms with Crippen LogP contribution >= 0.6 is 22.9 Å². The van der Waals surface area contributed by atoms with Crippen LogP contribution < -0.4 is 5.32 Å². The van der Waals surface area contributed by atoms with Gasteiger partial charge in [-0.1, -0.05) is 11.6 Å². The summed E-state index contributed by atoms with van der Waals surface area (Å²) in [4.78, 5) is 28.9. The lowest BCUT2D eigenvalue weighted by Crippen LogP contribution is -2.34. The summed E-state index contributed by atoms with van der Waals surface area (Å²) in [5.74, 6) is 0.0298. The third-order valence-electron chi connectivity index (χ3n) is 4.47. The van der Waals surface area contributed by atoms with Crippen molar-refractivity contribution in [2.75, 3.05) is 26.0 Å². The van der Waals surface area contributed by atoms with Crippen molar-refractivity contribution in [2.24, 2.45) is 0 Å². The fourth-order valence-corrected chi connectivity index (χ4v) is 3.96. The number of urea groups is 1. The molecule has 0 radical (unpaired) electrons. The molecule has 8 heteroatoms. The van der Waals surface area contributed by atoms with Crippen molar-refractivity contribution < 1.29 is 9.59 Å². The number of carbonyl (C=O) groups excluding carboxylic acids is 2. The van der Waals surface area contributed by atoms with Gasteiger partial charge in [0, 0.05) is 48.3 Å². The van der Waals surface area contributed by atoms with E-state index in [4.69, 9.17) is 11.6 Å². The van der Waals surface area contributed by atoms with E-state index in [0.29, 0.717) is 17.4 Å². The monoisotopic (exact) mass is 418 g/mol. The molecule has 0 saturated heterocycles. The first-order valence-corrected chi connectivity index (χ1v) is 10.2. The van der Waals surface area contributed by atoms with Crippen LogP contribution in [-0.2, 0) is 17.9 Å². The smallest absolute Gasteiger partial charge is 0.322 e. The van der Waals surface area contributed by atoms with E-state index in [2.05, 4.69) is 5.32 Å². The highest BCUT2D eigenvalue weighted by Crippen LogP contribution is 2.24. The van der Waals surface area contributed by atoms with Gasteiger partial charge in [-0.05, 0) is 43.3 Å². The number of benzene rings is 1. The molecule has 2 heterocycles. The van der Waals surface area contributed by atoms with E-state index in [9.17, 15) is 9.59 Å². The van der Waals surface area contributed by atoms with Gasteiger partial charge in [0.05, 0.1) is 10.9 Å². The van der Waals surface area contributed by atoms with Gasteiger partial charge < -0.3 is 19.7 Å². The van der Waals surface area contributed by atoms with E-state index in [1.807, 2.05) is 54.1 Å². The Morgan fingerprint density at radius 2 is 1.96 bits per heavy atom. The zero-order valence-electron chi connectivity index (χ0n) is 16.1. The van der Waals surface area contributed by atoms with Gasteiger partial charge in [0.2, 0.25) is 5.91 Å². The number of hydrogen-bond acceptors (Lipinski definition) is 3. The van der Waals surface area contributed by atoms with Crippen molar-refractivity contribution in [3.8, 4) is 0 Å². The van der Waals surface area contributed by atoms with Crippen molar-refractivity contribution in [1.29, 1.82) is 0 Å². The first kappa shape index (κ1) is 20.2. The van der Waals surface area contributed by atoms with Gasteiger partial charge in [0.1, 0.15) is 6.54 Å². The van der Waals surface area contributed by atoms with Crippen molar-refractivity contribution in [2.45, 2.75) is 20.0 Å². The van der Waals surface area contributed by atoms with Crippen LogP contribution in [0.5, 0.6) is 0 Å². The van der Waals surface area contributed by atoms with Gasteiger partial charge in [0.15, 0.2) is 0 Å². The normalized spacial score (nSPS) is 10.9. The first-order chi connectivity index (χ1) is 13.4. The van der Waals surface area contributed by atoms with Crippen LogP contribution in [0.2, 0.25) is 4.34 Å². The number of nitrogens with zero attached hydrogens (tertiary/aromatic N) is 3. The van der Waals surface area contributed by atoms with Gasteiger partial charge >= 0.3 is 6.03 Å². The van der Waals surface area contributed by atoms with E-state index >= 15 is 0 Å². The molecule has 6 nitrogen and oxygen atoms in total. The number of carbonyl (C=O) groups is 2. The molecule has 1 N–H and O–H groups in total. The fraction of sp³-hybridized carbons (Fsp3) is 0.300. The van der Waals surface area contributed by atoms with Crippen LogP contribution in [0.25, 0.3) is 10.9 Å². The standard InChI is InChI=1S/C20H23ClN4O2S/c1-4-24(12-16-6-8-18(21)28-16)20(27)22-15-5-7-17-14(11-15)9-10-25(17)13-19(26)23(2)3/h5-11H,4,12-13H2,1-3H3,(H,22,27). The van der Waals surface area contributed by atoms with E-state index in [-0.39, 0.29) is 18.5 Å². The molecule has 0 saturated carbocycles. The Labute approximate surface area is 173 Å². The minimum absolute atomic E-state index is 0.0298. The van der Waals surface area contributed by atoms with Gasteiger partial charge in [-0.3, -0.25) is 4.79 Å². The van der Waals surface area contributed by atoms with E-state index in [1.54, 1.807) is 23.9 Å². The molecular weight excluding hydrogens is 396 g/mol. The Morgan fingerprint density at radius 3 is 2.61 bits per heavy atom. The predicted molar refractivity (Wildman–Crippen MR) is 115 cm³/mol. The first-order valence-electron chi connectivity index (χ1n) is 8.96. The molecular formula is C20H23ClN4O2S. The summed E-state index contributed by atoms with van der Waals surface area (Å²) in [6.45, 7) is 3.34. The van der Waals surface area contributed by atoms with Crippen molar-refractivity contribution >= 4 is 51.5 Å². The SMILES string of the molecule is CCN(Cc1ccc(Cl)s1)C(=O)Nc1ccc2c(ccn2CC(=O)N(C)C)c1. The predicted octanol–water partition coefficient (Wildman–Crippen LogP) is 4.50. The van der Waals surface area contributed by atoms with Crippen LogP contribution in [0.4, 0.5) is 10.5 Å². The fourth-order valence-electron chi connectivity index (χ4n) is 2.86. The van der Waals surface area contributed by atoms with Crippen molar-refractivity contribution in [1.82, 2.24) is 14.4 Å². The summed E-state index contributed by atoms with van der Waals surface area (Å²) in [7, 11) is 3.48. The average Bonchev–Trinajstić information content (AvgIpc) is 3.25. The lowest BCUT2D eigenvalue weighted by molar-refractivity contribution is -0.129. The van der Waals surface area contributed by atoms with Gasteiger partial charge in [-0.2, -0.15) is 0 Å². The second-order valence-electron chi connectivity index (χ2n) is 6.66. The number of hydrogen-bond donors (Lipinski definition) is 1. The van der Waals surface area contributed by atoms with E-state index in [1.165, 1.54) is 11.3 Å². The summed E-state index contributed by atoms with van der Waals surface area (Å²) >= 11 is 7.45. The molecule has 0 aliphatic rings. The molecule has 0 atom stereocenters. The second kappa shape index (κ2) is 8.67. The Bertz CT molecular complexity index is 995. The van der Waals surface area contributed by atoms with Crippen molar-refractivity contribution in [3.63, 3.8) is 0 Å². The van der Waals surface area contributed by atoms with Crippen LogP contribution in [-0.4, -0.2) is 46.9 Å². The largest absolute Gasteiger partial charge is 0.347 e. The van der Waals surface area contributed by atoms with Crippen LogP contribution in [0.3, 0.4) is 0 Å². The van der Waals surface area contributed by atoms with Crippen LogP contribution in [0.1, 0.15) is 11.8 Å².